The van der Waals surface area contributed by atoms with Gasteiger partial charge >= 0.3 is 0 Å². The van der Waals surface area contributed by atoms with Gasteiger partial charge in [-0.05, 0) is 37.5 Å². The van der Waals surface area contributed by atoms with Gasteiger partial charge in [0, 0.05) is 53.5 Å². The predicted molar refractivity (Wildman–Crippen MR) is 98.7 cm³/mol. The average molecular weight is 384 g/mol. The molecule has 0 saturated carbocycles. The quantitative estimate of drug-likeness (QED) is 0.770. The van der Waals surface area contributed by atoms with Crippen LogP contribution in [-0.4, -0.2) is 77.9 Å². The maximum Gasteiger partial charge on any atom is 0.281 e. The van der Waals surface area contributed by atoms with Crippen LogP contribution in [0.5, 0.6) is 0 Å². The molecule has 3 heterocycles. The lowest BCUT2D eigenvalue weighted by Crippen LogP contribution is -2.46. The normalized spacial score (nSPS) is 21.5. The molecule has 0 N–H and O–H groups in total. The molecule has 9 heteroatoms. The topological polar surface area (TPSA) is 78.8 Å². The molecule has 2 aliphatic heterocycles. The fourth-order valence-electron chi connectivity index (χ4n) is 4.10. The standard InChI is InChI=1S/C17H29N5O3S/c1-19(2)26(24,25)22-10-6-15(7-11-22)14-4-8-21(9-5-14)17(23)16-12-18-20(3)13-16/h12-15H,4-11H2,1-3H3. The van der Waals surface area contributed by atoms with Crippen LogP contribution in [0.25, 0.3) is 0 Å². The highest BCUT2D eigenvalue weighted by molar-refractivity contribution is 7.86. The first-order valence-electron chi connectivity index (χ1n) is 9.24. The van der Waals surface area contributed by atoms with E-state index < -0.39 is 10.2 Å². The van der Waals surface area contributed by atoms with Crippen molar-refractivity contribution in [1.29, 1.82) is 0 Å². The molecule has 8 nitrogen and oxygen atoms in total. The van der Waals surface area contributed by atoms with Gasteiger partial charge in [0.25, 0.3) is 16.1 Å². The molecule has 3 rings (SSSR count). The summed E-state index contributed by atoms with van der Waals surface area (Å²) in [5.41, 5.74) is 0.646. The Labute approximate surface area is 155 Å². The van der Waals surface area contributed by atoms with Crippen LogP contribution in [-0.2, 0) is 17.3 Å². The molecule has 2 saturated heterocycles. The number of likely N-dealkylation sites (tertiary alicyclic amines) is 1. The molecule has 0 aliphatic carbocycles. The Bertz CT molecular complexity index is 729. The number of amides is 1. The van der Waals surface area contributed by atoms with Gasteiger partial charge in [-0.15, -0.1) is 0 Å². The lowest BCUT2D eigenvalue weighted by molar-refractivity contribution is 0.0628. The molecular formula is C17H29N5O3S. The number of aromatic nitrogens is 2. The number of carbonyl (C=O) groups is 1. The van der Waals surface area contributed by atoms with Crippen LogP contribution in [0.1, 0.15) is 36.0 Å². The summed E-state index contributed by atoms with van der Waals surface area (Å²) in [5, 5.41) is 4.07. The highest BCUT2D eigenvalue weighted by Gasteiger charge is 2.34. The number of hydrogen-bond acceptors (Lipinski definition) is 4. The maximum absolute atomic E-state index is 12.5. The van der Waals surface area contributed by atoms with E-state index in [2.05, 4.69) is 5.10 Å². The Balaban J connectivity index is 1.50. The molecule has 1 aromatic rings. The first-order chi connectivity index (χ1) is 12.3. The number of rotatable bonds is 4. The third-order valence-corrected chi connectivity index (χ3v) is 7.67. The van der Waals surface area contributed by atoms with E-state index in [0.29, 0.717) is 30.5 Å². The molecule has 0 radical (unpaired) electrons. The summed E-state index contributed by atoms with van der Waals surface area (Å²) in [7, 11) is 1.67. The van der Waals surface area contributed by atoms with E-state index in [-0.39, 0.29) is 5.91 Å². The first-order valence-corrected chi connectivity index (χ1v) is 10.6. The predicted octanol–water partition coefficient (Wildman–Crippen LogP) is 0.791. The van der Waals surface area contributed by atoms with Crippen LogP contribution >= 0.6 is 0 Å². The fourth-order valence-corrected chi connectivity index (χ4v) is 5.23. The Hall–Kier alpha value is -1.45. The minimum Gasteiger partial charge on any atom is -0.339 e. The van der Waals surface area contributed by atoms with E-state index in [4.69, 9.17) is 0 Å². The third kappa shape index (κ3) is 3.94. The Morgan fingerprint density at radius 2 is 1.62 bits per heavy atom. The van der Waals surface area contributed by atoms with E-state index in [1.807, 2.05) is 11.9 Å². The van der Waals surface area contributed by atoms with Crippen molar-refractivity contribution in [2.45, 2.75) is 25.7 Å². The second-order valence-corrected chi connectivity index (χ2v) is 9.70. The van der Waals surface area contributed by atoms with Gasteiger partial charge < -0.3 is 4.90 Å². The van der Waals surface area contributed by atoms with Crippen molar-refractivity contribution in [1.82, 2.24) is 23.3 Å². The van der Waals surface area contributed by atoms with E-state index in [0.717, 1.165) is 38.8 Å². The van der Waals surface area contributed by atoms with Crippen LogP contribution in [0, 0.1) is 11.8 Å². The van der Waals surface area contributed by atoms with Crippen molar-refractivity contribution < 1.29 is 13.2 Å². The summed E-state index contributed by atoms with van der Waals surface area (Å²) in [6.07, 6.45) is 7.20. The number of aryl methyl sites for hydroxylation is 1. The van der Waals surface area contributed by atoms with Crippen LogP contribution in [0.2, 0.25) is 0 Å². The largest absolute Gasteiger partial charge is 0.339 e. The summed E-state index contributed by atoms with van der Waals surface area (Å²) in [5.74, 6) is 1.19. The van der Waals surface area contributed by atoms with E-state index in [1.54, 1.807) is 35.5 Å². The highest BCUT2D eigenvalue weighted by Crippen LogP contribution is 2.33. The van der Waals surface area contributed by atoms with Gasteiger partial charge in [-0.25, -0.2) is 0 Å². The zero-order valence-electron chi connectivity index (χ0n) is 15.8. The lowest BCUT2D eigenvalue weighted by atomic mass is 9.79. The van der Waals surface area contributed by atoms with Gasteiger partial charge in [-0.1, -0.05) is 0 Å². The fraction of sp³-hybridized carbons (Fsp3) is 0.765. The maximum atomic E-state index is 12.5. The lowest BCUT2D eigenvalue weighted by Gasteiger charge is -2.40. The molecule has 26 heavy (non-hydrogen) atoms. The van der Waals surface area contributed by atoms with Gasteiger partial charge in [-0.2, -0.15) is 22.1 Å². The van der Waals surface area contributed by atoms with Crippen molar-refractivity contribution in [3.8, 4) is 0 Å². The Morgan fingerprint density at radius 3 is 2.08 bits per heavy atom. The molecule has 2 aliphatic rings. The Morgan fingerprint density at radius 1 is 1.08 bits per heavy atom. The summed E-state index contributed by atoms with van der Waals surface area (Å²) in [6.45, 7) is 2.74. The second kappa shape index (κ2) is 7.66. The molecule has 0 aromatic carbocycles. The zero-order chi connectivity index (χ0) is 18.9. The van der Waals surface area contributed by atoms with Crippen LogP contribution in [0.15, 0.2) is 12.4 Å². The number of hydrogen-bond donors (Lipinski definition) is 0. The van der Waals surface area contributed by atoms with Gasteiger partial charge in [0.15, 0.2) is 0 Å². The molecule has 146 valence electrons. The van der Waals surface area contributed by atoms with E-state index in [9.17, 15) is 13.2 Å². The average Bonchev–Trinajstić information content (AvgIpc) is 3.07. The molecule has 1 amide bonds. The third-order valence-electron chi connectivity index (χ3n) is 5.73. The van der Waals surface area contributed by atoms with Gasteiger partial charge in [0.2, 0.25) is 0 Å². The van der Waals surface area contributed by atoms with Crippen molar-refractivity contribution >= 4 is 16.1 Å². The van der Waals surface area contributed by atoms with Crippen LogP contribution < -0.4 is 0 Å². The van der Waals surface area contributed by atoms with Crippen molar-refractivity contribution in [3.63, 3.8) is 0 Å². The van der Waals surface area contributed by atoms with E-state index in [1.165, 1.54) is 4.31 Å². The molecule has 2 fully saturated rings. The van der Waals surface area contributed by atoms with E-state index >= 15 is 0 Å². The molecule has 1 aromatic heterocycles. The van der Waals surface area contributed by atoms with Crippen molar-refractivity contribution in [2.75, 3.05) is 40.3 Å². The van der Waals surface area contributed by atoms with Gasteiger partial charge in [0.05, 0.1) is 11.8 Å². The van der Waals surface area contributed by atoms with Crippen molar-refractivity contribution in [2.24, 2.45) is 18.9 Å². The zero-order valence-corrected chi connectivity index (χ0v) is 16.7. The smallest absolute Gasteiger partial charge is 0.281 e. The summed E-state index contributed by atoms with van der Waals surface area (Å²) in [6, 6.07) is 0. The highest BCUT2D eigenvalue weighted by atomic mass is 32.2. The number of carbonyl (C=O) groups excluding carboxylic acids is 1. The van der Waals surface area contributed by atoms with Crippen LogP contribution in [0.3, 0.4) is 0 Å². The number of piperidine rings is 2. The summed E-state index contributed by atoms with van der Waals surface area (Å²) >= 11 is 0. The van der Waals surface area contributed by atoms with Crippen molar-refractivity contribution in [3.05, 3.63) is 18.0 Å². The molecule has 0 unspecified atom stereocenters. The monoisotopic (exact) mass is 383 g/mol. The Kier molecular flexibility index (Phi) is 5.69. The van der Waals surface area contributed by atoms with Crippen LogP contribution in [0.4, 0.5) is 0 Å². The molecule has 0 atom stereocenters. The molecule has 0 spiro atoms. The summed E-state index contributed by atoms with van der Waals surface area (Å²) in [4.78, 5) is 14.4. The SMILES string of the molecule is CN(C)S(=O)(=O)N1CCC(C2CCN(C(=O)c3cnn(C)c3)CC2)CC1. The first kappa shape index (κ1) is 19.3. The minimum absolute atomic E-state index is 0.0587. The van der Waals surface area contributed by atoms with Gasteiger partial charge in [0.1, 0.15) is 0 Å². The molecular weight excluding hydrogens is 354 g/mol. The second-order valence-electron chi connectivity index (χ2n) is 7.56. The van der Waals surface area contributed by atoms with Gasteiger partial charge in [-0.3, -0.25) is 9.48 Å². The molecule has 0 bridgehead atoms. The minimum atomic E-state index is -3.30. The number of nitrogens with zero attached hydrogens (tertiary/aromatic N) is 5. The summed E-state index contributed by atoms with van der Waals surface area (Å²) < 4.78 is 29.0.